The third kappa shape index (κ3) is 3.88. The van der Waals surface area contributed by atoms with Gasteiger partial charge < -0.3 is 5.32 Å². The van der Waals surface area contributed by atoms with Gasteiger partial charge in [0.15, 0.2) is 0 Å². The minimum atomic E-state index is -3.39. The summed E-state index contributed by atoms with van der Waals surface area (Å²) in [5, 5.41) is 4.82. The van der Waals surface area contributed by atoms with Crippen LogP contribution < -0.4 is 5.32 Å². The van der Waals surface area contributed by atoms with Gasteiger partial charge >= 0.3 is 0 Å². The predicted octanol–water partition coefficient (Wildman–Crippen LogP) is 2.45. The quantitative estimate of drug-likeness (QED) is 0.892. The monoisotopic (exact) mass is 344 g/mol. The summed E-state index contributed by atoms with van der Waals surface area (Å²) < 4.78 is 26.7. The number of piperidine rings is 1. The molecule has 7 heteroatoms. The zero-order valence-corrected chi connectivity index (χ0v) is 15.0. The average Bonchev–Trinajstić information content (AvgIpc) is 3.02. The van der Waals surface area contributed by atoms with Crippen molar-refractivity contribution in [1.82, 2.24) is 9.62 Å². The molecule has 0 spiro atoms. The minimum Gasteiger partial charge on any atom is -0.351 e. The van der Waals surface area contributed by atoms with E-state index >= 15 is 0 Å². The van der Waals surface area contributed by atoms with E-state index in [2.05, 4.69) is 5.32 Å². The van der Waals surface area contributed by atoms with E-state index < -0.39 is 10.0 Å². The molecule has 124 valence electrons. The van der Waals surface area contributed by atoms with Crippen LogP contribution in [-0.4, -0.2) is 37.3 Å². The highest BCUT2D eigenvalue weighted by atomic mass is 32.2. The molecule has 1 amide bonds. The van der Waals surface area contributed by atoms with Gasteiger partial charge in [0.2, 0.25) is 5.91 Å². The first-order valence-electron chi connectivity index (χ1n) is 7.62. The molecule has 2 heterocycles. The lowest BCUT2D eigenvalue weighted by Gasteiger charge is -2.33. The molecule has 0 radical (unpaired) electrons. The fourth-order valence-electron chi connectivity index (χ4n) is 2.42. The number of nitrogens with one attached hydrogen (secondary N) is 1. The molecule has 1 N–H and O–H groups in total. The Bertz CT molecular complexity index is 601. The topological polar surface area (TPSA) is 66.5 Å². The van der Waals surface area contributed by atoms with Crippen molar-refractivity contribution in [1.29, 1.82) is 0 Å². The Morgan fingerprint density at radius 2 is 2.05 bits per heavy atom. The first-order chi connectivity index (χ1) is 10.3. The number of nitrogens with zero attached hydrogens (tertiary/aromatic N) is 1. The Morgan fingerprint density at radius 3 is 2.55 bits per heavy atom. The van der Waals surface area contributed by atoms with Gasteiger partial charge in [-0.15, -0.1) is 11.3 Å². The maximum absolute atomic E-state index is 12.4. The molecule has 1 aliphatic rings. The van der Waals surface area contributed by atoms with E-state index in [4.69, 9.17) is 0 Å². The van der Waals surface area contributed by atoms with Gasteiger partial charge in [-0.1, -0.05) is 13.0 Å². The fourth-order valence-corrected chi connectivity index (χ4v) is 5.03. The molecule has 22 heavy (non-hydrogen) atoms. The second-order valence-corrected chi connectivity index (χ2v) is 9.45. The van der Waals surface area contributed by atoms with Crippen LogP contribution in [0.1, 0.15) is 40.0 Å². The first-order valence-corrected chi connectivity index (χ1v) is 9.94. The second kappa shape index (κ2) is 6.68. The van der Waals surface area contributed by atoms with Gasteiger partial charge in [-0.05, 0) is 44.6 Å². The fraction of sp³-hybridized carbons (Fsp3) is 0.667. The van der Waals surface area contributed by atoms with Gasteiger partial charge in [0.05, 0.1) is 0 Å². The maximum atomic E-state index is 12.4. The van der Waals surface area contributed by atoms with Crippen LogP contribution in [0.3, 0.4) is 0 Å². The van der Waals surface area contributed by atoms with Crippen LogP contribution in [-0.2, 0) is 14.8 Å². The Balaban J connectivity index is 1.95. The highest BCUT2D eigenvalue weighted by molar-refractivity contribution is 7.91. The lowest BCUT2D eigenvalue weighted by Crippen LogP contribution is -2.48. The van der Waals surface area contributed by atoms with Gasteiger partial charge in [0.1, 0.15) is 4.21 Å². The van der Waals surface area contributed by atoms with Crippen LogP contribution >= 0.6 is 11.3 Å². The molecule has 1 aromatic heterocycles. The minimum absolute atomic E-state index is 0.0417. The number of carbonyl (C=O) groups excluding carboxylic acids is 1. The molecular weight excluding hydrogens is 320 g/mol. The van der Waals surface area contributed by atoms with Gasteiger partial charge in [0, 0.05) is 24.5 Å². The summed E-state index contributed by atoms with van der Waals surface area (Å²) >= 11 is 1.23. The van der Waals surface area contributed by atoms with Crippen LogP contribution in [0.25, 0.3) is 0 Å². The van der Waals surface area contributed by atoms with E-state index in [0.29, 0.717) is 30.1 Å². The highest BCUT2D eigenvalue weighted by Gasteiger charge is 2.33. The van der Waals surface area contributed by atoms with Gasteiger partial charge in [-0.3, -0.25) is 4.79 Å². The summed E-state index contributed by atoms with van der Waals surface area (Å²) in [5.41, 5.74) is -0.211. The molecule has 5 nitrogen and oxygen atoms in total. The Kier molecular flexibility index (Phi) is 5.29. The number of hydrogen-bond acceptors (Lipinski definition) is 4. The van der Waals surface area contributed by atoms with Crippen molar-refractivity contribution in [3.63, 3.8) is 0 Å². The summed E-state index contributed by atoms with van der Waals surface area (Å²) in [4.78, 5) is 12.3. The Morgan fingerprint density at radius 1 is 1.41 bits per heavy atom. The van der Waals surface area contributed by atoms with Crippen molar-refractivity contribution in [2.75, 3.05) is 13.1 Å². The van der Waals surface area contributed by atoms with Crippen molar-refractivity contribution in [3.05, 3.63) is 17.5 Å². The van der Waals surface area contributed by atoms with Crippen molar-refractivity contribution in [2.45, 2.75) is 49.8 Å². The molecule has 1 aliphatic heterocycles. The van der Waals surface area contributed by atoms with E-state index in [1.165, 1.54) is 15.6 Å². The number of amides is 1. The summed E-state index contributed by atoms with van der Waals surface area (Å²) in [6.45, 7) is 6.86. The molecule has 1 fully saturated rings. The van der Waals surface area contributed by atoms with Crippen molar-refractivity contribution in [2.24, 2.45) is 5.92 Å². The lowest BCUT2D eigenvalue weighted by molar-refractivity contribution is -0.127. The molecule has 2 rings (SSSR count). The lowest BCUT2D eigenvalue weighted by atomic mass is 9.94. The molecule has 1 saturated heterocycles. The first kappa shape index (κ1) is 17.4. The largest absolute Gasteiger partial charge is 0.351 e. The third-order valence-electron chi connectivity index (χ3n) is 4.26. The predicted molar refractivity (Wildman–Crippen MR) is 88.3 cm³/mol. The van der Waals surface area contributed by atoms with E-state index in [1.807, 2.05) is 20.8 Å². The zero-order valence-electron chi connectivity index (χ0n) is 13.3. The number of sulfonamides is 1. The Hall–Kier alpha value is -0.920. The van der Waals surface area contributed by atoms with Gasteiger partial charge in [-0.2, -0.15) is 4.31 Å². The van der Waals surface area contributed by atoms with Crippen LogP contribution in [0.5, 0.6) is 0 Å². The molecule has 0 atom stereocenters. The highest BCUT2D eigenvalue weighted by Crippen LogP contribution is 2.26. The summed E-state index contributed by atoms with van der Waals surface area (Å²) in [7, 11) is -3.39. The van der Waals surface area contributed by atoms with Crippen LogP contribution in [0.2, 0.25) is 0 Å². The zero-order chi connectivity index (χ0) is 16.4. The molecule has 0 saturated carbocycles. The van der Waals surface area contributed by atoms with Gasteiger partial charge in [0.25, 0.3) is 10.0 Å². The number of hydrogen-bond donors (Lipinski definition) is 1. The maximum Gasteiger partial charge on any atom is 0.252 e. The van der Waals surface area contributed by atoms with E-state index in [0.717, 1.165) is 6.42 Å². The third-order valence-corrected chi connectivity index (χ3v) is 7.53. The molecular formula is C15H24N2O3S2. The number of carbonyl (C=O) groups is 1. The number of thiophene rings is 1. The van der Waals surface area contributed by atoms with Crippen molar-refractivity contribution in [3.8, 4) is 0 Å². The molecule has 0 bridgehead atoms. The van der Waals surface area contributed by atoms with Crippen LogP contribution in [0, 0.1) is 5.92 Å². The smallest absolute Gasteiger partial charge is 0.252 e. The summed E-state index contributed by atoms with van der Waals surface area (Å²) in [6, 6.07) is 3.37. The molecule has 0 aliphatic carbocycles. The molecule has 0 unspecified atom stereocenters. The van der Waals surface area contributed by atoms with Crippen molar-refractivity contribution >= 4 is 27.3 Å². The van der Waals surface area contributed by atoms with Crippen molar-refractivity contribution < 1.29 is 13.2 Å². The van der Waals surface area contributed by atoms with Gasteiger partial charge in [-0.25, -0.2) is 8.42 Å². The van der Waals surface area contributed by atoms with Crippen LogP contribution in [0.4, 0.5) is 0 Å². The summed E-state index contributed by atoms with van der Waals surface area (Å²) in [5.74, 6) is -0.0550. The van der Waals surface area contributed by atoms with Crippen LogP contribution in [0.15, 0.2) is 21.7 Å². The average molecular weight is 345 g/mol. The molecule has 1 aromatic rings. The summed E-state index contributed by atoms with van der Waals surface area (Å²) in [6.07, 6.45) is 2.02. The number of rotatable bonds is 5. The van der Waals surface area contributed by atoms with E-state index in [-0.39, 0.29) is 17.4 Å². The standard InChI is InChI=1S/C15H24N2O3S2/c1-4-15(2,3)16-14(18)12-7-9-17(10-8-12)22(19,20)13-6-5-11-21-13/h5-6,11-12H,4,7-10H2,1-3H3,(H,16,18). The Labute approximate surface area is 136 Å². The SMILES string of the molecule is CCC(C)(C)NC(=O)C1CCN(S(=O)(=O)c2cccs2)CC1. The second-order valence-electron chi connectivity index (χ2n) is 6.34. The van der Waals surface area contributed by atoms with E-state index in [1.54, 1.807) is 17.5 Å². The molecule has 0 aromatic carbocycles. The normalized spacial score (nSPS) is 18.3. The van der Waals surface area contributed by atoms with E-state index in [9.17, 15) is 13.2 Å².